The van der Waals surface area contributed by atoms with E-state index in [4.69, 9.17) is 5.73 Å². The van der Waals surface area contributed by atoms with Crippen LogP contribution in [0.2, 0.25) is 0 Å². The van der Waals surface area contributed by atoms with Crippen molar-refractivity contribution in [2.24, 2.45) is 5.73 Å². The van der Waals surface area contributed by atoms with Gasteiger partial charge in [-0.15, -0.1) is 0 Å². The molecule has 3 amide bonds. The molecule has 104 valence electrons. The molecule has 2 aliphatic heterocycles. The molecule has 0 unspecified atom stereocenters. The second-order valence-corrected chi connectivity index (χ2v) is 5.23. The fourth-order valence-electron chi connectivity index (χ4n) is 2.65. The molecule has 0 spiro atoms. The number of fused-ring (bicyclic) bond motifs is 1. The number of hydrogen-bond donors (Lipinski definition) is 1. The van der Waals surface area contributed by atoms with Crippen LogP contribution >= 0.6 is 0 Å². The number of imide groups is 1. The van der Waals surface area contributed by atoms with Crippen molar-refractivity contribution in [3.8, 4) is 0 Å². The number of nitrogens with two attached hydrogens (primary N) is 1. The van der Waals surface area contributed by atoms with Crippen LogP contribution in [-0.2, 0) is 0 Å². The quantitative estimate of drug-likeness (QED) is 0.735. The van der Waals surface area contributed by atoms with Gasteiger partial charge in [0.1, 0.15) is 0 Å². The largest absolute Gasteiger partial charge is 0.337 e. The maximum atomic E-state index is 12.3. The number of amides is 3. The summed E-state index contributed by atoms with van der Waals surface area (Å²) in [5, 5.41) is 0. The number of carbonyl (C=O) groups excluding carboxylic acids is 3. The Kier molecular flexibility index (Phi) is 2.83. The average molecular weight is 273 g/mol. The summed E-state index contributed by atoms with van der Waals surface area (Å²) in [6.45, 7) is 1.16. The van der Waals surface area contributed by atoms with Gasteiger partial charge in [-0.05, 0) is 24.6 Å². The van der Waals surface area contributed by atoms with E-state index in [0.717, 1.165) is 11.3 Å². The van der Waals surface area contributed by atoms with E-state index < -0.39 is 0 Å². The fourth-order valence-corrected chi connectivity index (χ4v) is 2.65. The molecular weight excluding hydrogens is 258 g/mol. The normalized spacial score (nSPS) is 21.6. The van der Waals surface area contributed by atoms with Gasteiger partial charge in [-0.2, -0.15) is 0 Å². The summed E-state index contributed by atoms with van der Waals surface area (Å²) in [5.41, 5.74) is 6.87. The molecule has 0 aliphatic carbocycles. The molecule has 3 rings (SSSR count). The standard InChI is InChI=1S/C14H15N3O3/c1-16-13(19)10-3-2-8(6-11(10)14(16)20)12(18)17-5-4-9(15)7-17/h2-3,6,9H,4-5,7,15H2,1H3/t9-/m1/s1. The zero-order valence-corrected chi connectivity index (χ0v) is 11.1. The molecule has 0 bridgehead atoms. The number of likely N-dealkylation sites (tertiary alicyclic amines) is 1. The van der Waals surface area contributed by atoms with Crippen LogP contribution in [0.1, 0.15) is 37.5 Å². The van der Waals surface area contributed by atoms with E-state index in [1.807, 2.05) is 0 Å². The van der Waals surface area contributed by atoms with Crippen LogP contribution in [0.3, 0.4) is 0 Å². The van der Waals surface area contributed by atoms with Crippen molar-refractivity contribution in [3.63, 3.8) is 0 Å². The Morgan fingerprint density at radius 1 is 1.25 bits per heavy atom. The maximum absolute atomic E-state index is 12.3. The molecule has 6 nitrogen and oxygen atoms in total. The van der Waals surface area contributed by atoms with E-state index >= 15 is 0 Å². The lowest BCUT2D eigenvalue weighted by atomic mass is 10.0. The van der Waals surface area contributed by atoms with Crippen LogP contribution in [0.15, 0.2) is 18.2 Å². The summed E-state index contributed by atoms with van der Waals surface area (Å²) >= 11 is 0. The highest BCUT2D eigenvalue weighted by Gasteiger charge is 2.34. The molecule has 0 saturated carbocycles. The Bertz CT molecular complexity index is 626. The van der Waals surface area contributed by atoms with Crippen molar-refractivity contribution in [1.82, 2.24) is 9.80 Å². The van der Waals surface area contributed by atoms with Crippen LogP contribution in [-0.4, -0.2) is 53.7 Å². The first-order valence-corrected chi connectivity index (χ1v) is 6.50. The maximum Gasteiger partial charge on any atom is 0.261 e. The smallest absolute Gasteiger partial charge is 0.261 e. The summed E-state index contributed by atoms with van der Waals surface area (Å²) in [6, 6.07) is 4.66. The van der Waals surface area contributed by atoms with Crippen LogP contribution < -0.4 is 5.73 Å². The predicted molar refractivity (Wildman–Crippen MR) is 71.4 cm³/mol. The summed E-state index contributed by atoms with van der Waals surface area (Å²) in [6.07, 6.45) is 0.789. The van der Waals surface area contributed by atoms with Crippen LogP contribution in [0.25, 0.3) is 0 Å². The molecule has 1 atom stereocenters. The predicted octanol–water partition coefficient (Wildman–Crippen LogP) is 0.0856. The van der Waals surface area contributed by atoms with Gasteiger partial charge in [-0.1, -0.05) is 0 Å². The van der Waals surface area contributed by atoms with E-state index in [0.29, 0.717) is 29.8 Å². The molecule has 0 radical (unpaired) electrons. The zero-order chi connectivity index (χ0) is 14.4. The Labute approximate surface area is 116 Å². The van der Waals surface area contributed by atoms with Crippen molar-refractivity contribution in [3.05, 3.63) is 34.9 Å². The SMILES string of the molecule is CN1C(=O)c2ccc(C(=O)N3CC[C@@H](N)C3)cc2C1=O. The Morgan fingerprint density at radius 2 is 1.95 bits per heavy atom. The summed E-state index contributed by atoms with van der Waals surface area (Å²) in [7, 11) is 1.44. The number of rotatable bonds is 1. The van der Waals surface area contributed by atoms with Crippen molar-refractivity contribution in [1.29, 1.82) is 0 Å². The number of nitrogens with zero attached hydrogens (tertiary/aromatic N) is 2. The van der Waals surface area contributed by atoms with E-state index in [9.17, 15) is 14.4 Å². The fraction of sp³-hybridized carbons (Fsp3) is 0.357. The summed E-state index contributed by atoms with van der Waals surface area (Å²) in [5.74, 6) is -0.833. The number of carbonyl (C=O) groups is 3. The topological polar surface area (TPSA) is 83.7 Å². The first-order chi connectivity index (χ1) is 9.49. The third kappa shape index (κ3) is 1.80. The second-order valence-electron chi connectivity index (χ2n) is 5.23. The molecule has 1 aromatic rings. The first kappa shape index (κ1) is 12.8. The van der Waals surface area contributed by atoms with Gasteiger partial charge in [0.05, 0.1) is 11.1 Å². The lowest BCUT2D eigenvalue weighted by Crippen LogP contribution is -2.32. The Hall–Kier alpha value is -2.21. The van der Waals surface area contributed by atoms with Gasteiger partial charge in [-0.25, -0.2) is 0 Å². The van der Waals surface area contributed by atoms with Gasteiger partial charge in [-0.3, -0.25) is 19.3 Å². The van der Waals surface area contributed by atoms with E-state index in [1.54, 1.807) is 17.0 Å². The molecule has 1 aromatic carbocycles. The highest BCUT2D eigenvalue weighted by molar-refractivity contribution is 6.21. The van der Waals surface area contributed by atoms with Gasteiger partial charge in [0.15, 0.2) is 0 Å². The van der Waals surface area contributed by atoms with E-state index in [-0.39, 0.29) is 23.8 Å². The zero-order valence-electron chi connectivity index (χ0n) is 11.1. The van der Waals surface area contributed by atoms with Crippen LogP contribution in [0, 0.1) is 0 Å². The van der Waals surface area contributed by atoms with Gasteiger partial charge in [0, 0.05) is 31.7 Å². The molecule has 1 saturated heterocycles. The molecule has 2 N–H and O–H groups in total. The summed E-state index contributed by atoms with van der Waals surface area (Å²) < 4.78 is 0. The van der Waals surface area contributed by atoms with Gasteiger partial charge >= 0.3 is 0 Å². The van der Waals surface area contributed by atoms with Gasteiger partial charge < -0.3 is 10.6 Å². The Balaban J connectivity index is 1.92. The van der Waals surface area contributed by atoms with Gasteiger partial charge in [0.25, 0.3) is 17.7 Å². The van der Waals surface area contributed by atoms with E-state index in [1.165, 1.54) is 13.1 Å². The van der Waals surface area contributed by atoms with Crippen LogP contribution in [0.4, 0.5) is 0 Å². The highest BCUT2D eigenvalue weighted by atomic mass is 16.2. The van der Waals surface area contributed by atoms with Crippen LogP contribution in [0.5, 0.6) is 0 Å². The van der Waals surface area contributed by atoms with Crippen molar-refractivity contribution in [2.75, 3.05) is 20.1 Å². The minimum absolute atomic E-state index is 0.0164. The Morgan fingerprint density at radius 3 is 2.60 bits per heavy atom. The molecule has 20 heavy (non-hydrogen) atoms. The molecule has 0 aromatic heterocycles. The second kappa shape index (κ2) is 4.42. The number of benzene rings is 1. The van der Waals surface area contributed by atoms with Crippen molar-refractivity contribution in [2.45, 2.75) is 12.5 Å². The lowest BCUT2D eigenvalue weighted by molar-refractivity contribution is 0.0692. The molecular formula is C14H15N3O3. The molecule has 2 aliphatic rings. The molecule has 6 heteroatoms. The first-order valence-electron chi connectivity index (χ1n) is 6.50. The minimum Gasteiger partial charge on any atom is -0.337 e. The van der Waals surface area contributed by atoms with Crippen molar-refractivity contribution < 1.29 is 14.4 Å². The lowest BCUT2D eigenvalue weighted by Gasteiger charge is -2.15. The monoisotopic (exact) mass is 273 g/mol. The third-order valence-electron chi connectivity index (χ3n) is 3.85. The van der Waals surface area contributed by atoms with Crippen molar-refractivity contribution >= 4 is 17.7 Å². The highest BCUT2D eigenvalue weighted by Crippen LogP contribution is 2.23. The number of hydrogen-bond acceptors (Lipinski definition) is 4. The molecule has 2 heterocycles. The molecule has 1 fully saturated rings. The van der Waals surface area contributed by atoms with E-state index in [2.05, 4.69) is 0 Å². The van der Waals surface area contributed by atoms with Gasteiger partial charge in [0.2, 0.25) is 0 Å². The third-order valence-corrected chi connectivity index (χ3v) is 3.85. The summed E-state index contributed by atoms with van der Waals surface area (Å²) in [4.78, 5) is 38.8. The average Bonchev–Trinajstić information content (AvgIpc) is 2.97. The minimum atomic E-state index is -0.363.